The number of benzene rings is 2. The summed E-state index contributed by atoms with van der Waals surface area (Å²) in [6.07, 6.45) is 3.98. The summed E-state index contributed by atoms with van der Waals surface area (Å²) in [4.78, 5) is 26.9. The lowest BCUT2D eigenvalue weighted by Gasteiger charge is -2.25. The largest absolute Gasteiger partial charge is 0.497 e. The van der Waals surface area contributed by atoms with E-state index in [1.54, 1.807) is 18.9 Å². The molecule has 3 rings (SSSR count). The fourth-order valence-corrected chi connectivity index (χ4v) is 3.39. The smallest absolute Gasteiger partial charge is 0.311 e. The van der Waals surface area contributed by atoms with Gasteiger partial charge < -0.3 is 14.4 Å². The zero-order valence-electron chi connectivity index (χ0n) is 16.4. The Hall–Kier alpha value is -3.08. The minimum atomic E-state index is -0.525. The summed E-state index contributed by atoms with van der Waals surface area (Å²) >= 11 is 0. The van der Waals surface area contributed by atoms with E-state index >= 15 is 0 Å². The molecule has 0 N–H and O–H groups in total. The maximum absolute atomic E-state index is 12.8. The molecule has 0 aromatic heterocycles. The lowest BCUT2D eigenvalue weighted by molar-refractivity contribution is -0.148. The predicted molar refractivity (Wildman–Crippen MR) is 109 cm³/mol. The number of carbonyl (C=O) groups is 2. The van der Waals surface area contributed by atoms with Crippen LogP contribution in [-0.4, -0.2) is 31.6 Å². The third kappa shape index (κ3) is 4.25. The van der Waals surface area contributed by atoms with Crippen LogP contribution in [0.5, 0.6) is 5.75 Å². The normalized spacial score (nSPS) is 19.2. The number of ether oxygens (including phenoxy) is 2. The average molecular weight is 379 g/mol. The molecule has 1 saturated heterocycles. The lowest BCUT2D eigenvalue weighted by atomic mass is 9.99. The van der Waals surface area contributed by atoms with Crippen molar-refractivity contribution < 1.29 is 19.1 Å². The van der Waals surface area contributed by atoms with Gasteiger partial charge in [-0.05, 0) is 43.7 Å². The molecule has 1 aliphatic heterocycles. The number of amides is 1. The van der Waals surface area contributed by atoms with Crippen molar-refractivity contribution >= 4 is 23.6 Å². The number of anilines is 1. The molecule has 2 aromatic rings. The molecular formula is C23H25NO4. The Morgan fingerprint density at radius 3 is 2.43 bits per heavy atom. The molecule has 0 saturated carbocycles. The van der Waals surface area contributed by atoms with Gasteiger partial charge in [0.1, 0.15) is 5.75 Å². The van der Waals surface area contributed by atoms with Crippen LogP contribution >= 0.6 is 0 Å². The number of methoxy groups -OCH3 is 1. The fourth-order valence-electron chi connectivity index (χ4n) is 3.39. The summed E-state index contributed by atoms with van der Waals surface area (Å²) in [6.45, 7) is 4.07. The van der Waals surface area contributed by atoms with Gasteiger partial charge in [0, 0.05) is 12.1 Å². The third-order valence-electron chi connectivity index (χ3n) is 4.88. The molecule has 28 heavy (non-hydrogen) atoms. The molecule has 1 fully saturated rings. The van der Waals surface area contributed by atoms with Gasteiger partial charge in [-0.1, -0.05) is 42.0 Å². The minimum Gasteiger partial charge on any atom is -0.497 e. The van der Waals surface area contributed by atoms with E-state index in [2.05, 4.69) is 0 Å². The van der Waals surface area contributed by atoms with Gasteiger partial charge in [-0.25, -0.2) is 0 Å². The Morgan fingerprint density at radius 2 is 1.82 bits per heavy atom. The molecule has 0 aliphatic carbocycles. The lowest BCUT2D eigenvalue weighted by Crippen LogP contribution is -2.36. The van der Waals surface area contributed by atoms with E-state index in [-0.39, 0.29) is 18.3 Å². The van der Waals surface area contributed by atoms with Gasteiger partial charge in [0.25, 0.3) is 0 Å². The highest BCUT2D eigenvalue weighted by Crippen LogP contribution is 2.33. The number of nitrogens with zero attached hydrogens (tertiary/aromatic N) is 1. The van der Waals surface area contributed by atoms with Gasteiger partial charge in [0.15, 0.2) is 0 Å². The number of hydrogen-bond donors (Lipinski definition) is 0. The highest BCUT2D eigenvalue weighted by molar-refractivity contribution is 6.01. The zero-order chi connectivity index (χ0) is 20.1. The zero-order valence-corrected chi connectivity index (χ0v) is 16.4. The molecule has 0 bridgehead atoms. The summed E-state index contributed by atoms with van der Waals surface area (Å²) in [6, 6.07) is 15.0. The highest BCUT2D eigenvalue weighted by Gasteiger charge is 2.43. The predicted octanol–water partition coefficient (Wildman–Crippen LogP) is 4.00. The first-order valence-corrected chi connectivity index (χ1v) is 9.41. The molecule has 5 nitrogen and oxygen atoms in total. The number of carbonyl (C=O) groups excluding carboxylic acids is 2. The van der Waals surface area contributed by atoms with E-state index in [4.69, 9.17) is 9.47 Å². The van der Waals surface area contributed by atoms with E-state index in [1.165, 1.54) is 0 Å². The molecule has 0 radical (unpaired) electrons. The monoisotopic (exact) mass is 379 g/mol. The number of aryl methyl sites for hydroxylation is 1. The first kappa shape index (κ1) is 19.7. The van der Waals surface area contributed by atoms with Gasteiger partial charge in [-0.15, -0.1) is 0 Å². The highest BCUT2D eigenvalue weighted by atomic mass is 16.5. The Balaban J connectivity index is 1.92. The molecule has 146 valence electrons. The Kier molecular flexibility index (Phi) is 6.14. The maximum atomic E-state index is 12.8. The van der Waals surface area contributed by atoms with Crippen LogP contribution in [0.25, 0.3) is 6.08 Å². The summed E-state index contributed by atoms with van der Waals surface area (Å²) < 4.78 is 10.4. The van der Waals surface area contributed by atoms with E-state index < -0.39 is 12.0 Å². The second-order valence-corrected chi connectivity index (χ2v) is 6.78. The van der Waals surface area contributed by atoms with Crippen molar-refractivity contribution in [2.75, 3.05) is 18.6 Å². The number of rotatable bonds is 6. The van der Waals surface area contributed by atoms with E-state index in [0.717, 1.165) is 22.6 Å². The Morgan fingerprint density at radius 1 is 1.14 bits per heavy atom. The average Bonchev–Trinajstić information content (AvgIpc) is 3.04. The van der Waals surface area contributed by atoms with E-state index in [9.17, 15) is 9.59 Å². The number of hydrogen-bond acceptors (Lipinski definition) is 4. The van der Waals surface area contributed by atoms with Crippen LogP contribution < -0.4 is 9.64 Å². The van der Waals surface area contributed by atoms with Crippen LogP contribution in [0.15, 0.2) is 54.6 Å². The number of esters is 1. The molecule has 2 aromatic carbocycles. The Labute approximate surface area is 165 Å². The van der Waals surface area contributed by atoms with Gasteiger partial charge >= 0.3 is 5.97 Å². The Bertz CT molecular complexity index is 855. The first-order valence-electron chi connectivity index (χ1n) is 9.41. The molecule has 1 amide bonds. The van der Waals surface area contributed by atoms with Crippen molar-refractivity contribution in [3.05, 3.63) is 65.7 Å². The molecule has 0 spiro atoms. The quantitative estimate of drug-likeness (QED) is 0.712. The van der Waals surface area contributed by atoms with Crippen molar-refractivity contribution in [2.24, 2.45) is 5.92 Å². The summed E-state index contributed by atoms with van der Waals surface area (Å²) in [5.74, 6) is -0.164. The van der Waals surface area contributed by atoms with Crippen LogP contribution in [0, 0.1) is 12.8 Å². The van der Waals surface area contributed by atoms with Crippen molar-refractivity contribution in [1.29, 1.82) is 0 Å². The molecule has 2 atom stereocenters. The summed E-state index contributed by atoms with van der Waals surface area (Å²) in [5.41, 5.74) is 2.86. The second-order valence-electron chi connectivity index (χ2n) is 6.78. The van der Waals surface area contributed by atoms with Crippen molar-refractivity contribution in [3.8, 4) is 5.75 Å². The second kappa shape index (κ2) is 8.74. The molecule has 5 heteroatoms. The van der Waals surface area contributed by atoms with Crippen LogP contribution in [0.2, 0.25) is 0 Å². The van der Waals surface area contributed by atoms with Gasteiger partial charge in [-0.3, -0.25) is 9.59 Å². The standard InChI is InChI=1S/C23H25NO4/c1-4-28-23(26)20-15-22(25)24(18-10-5-16(2)6-11-18)21(20)14-9-17-7-12-19(27-3)13-8-17/h5-14,20-21H,4,15H2,1-3H3/b14-9+/t20-,21+/m1/s1. The van der Waals surface area contributed by atoms with E-state index in [0.29, 0.717) is 6.61 Å². The minimum absolute atomic E-state index is 0.0775. The maximum Gasteiger partial charge on any atom is 0.311 e. The van der Waals surface area contributed by atoms with Crippen molar-refractivity contribution in [3.63, 3.8) is 0 Å². The van der Waals surface area contributed by atoms with Gasteiger partial charge in [-0.2, -0.15) is 0 Å². The SMILES string of the molecule is CCOC(=O)[C@@H]1CC(=O)N(c2ccc(C)cc2)[C@H]1/C=C/c1ccc(OC)cc1. The van der Waals surface area contributed by atoms with Crippen molar-refractivity contribution in [1.82, 2.24) is 0 Å². The van der Waals surface area contributed by atoms with Crippen LogP contribution in [0.4, 0.5) is 5.69 Å². The summed E-state index contributed by atoms with van der Waals surface area (Å²) in [7, 11) is 1.62. The molecule has 1 aliphatic rings. The fraction of sp³-hybridized carbons (Fsp3) is 0.304. The van der Waals surface area contributed by atoms with Crippen LogP contribution in [0.3, 0.4) is 0 Å². The third-order valence-corrected chi connectivity index (χ3v) is 4.88. The molecule has 1 heterocycles. The van der Waals surface area contributed by atoms with Crippen molar-refractivity contribution in [2.45, 2.75) is 26.3 Å². The van der Waals surface area contributed by atoms with Crippen LogP contribution in [-0.2, 0) is 14.3 Å². The van der Waals surface area contributed by atoms with Gasteiger partial charge in [0.05, 0.1) is 25.7 Å². The van der Waals surface area contributed by atoms with Gasteiger partial charge in [0.2, 0.25) is 5.91 Å². The first-order chi connectivity index (χ1) is 13.5. The molecular weight excluding hydrogens is 354 g/mol. The van der Waals surface area contributed by atoms with E-state index in [1.807, 2.05) is 67.6 Å². The topological polar surface area (TPSA) is 55.8 Å². The molecule has 0 unspecified atom stereocenters. The van der Waals surface area contributed by atoms with Crippen LogP contribution in [0.1, 0.15) is 24.5 Å². The summed E-state index contributed by atoms with van der Waals surface area (Å²) in [5, 5.41) is 0.